The summed E-state index contributed by atoms with van der Waals surface area (Å²) in [4.78, 5) is 0.835. The first-order valence-corrected chi connectivity index (χ1v) is 6.21. The lowest BCUT2D eigenvalue weighted by atomic mass is 9.97. The van der Waals surface area contributed by atoms with E-state index in [1.807, 2.05) is 0 Å². The Balaban J connectivity index is 2.45. The van der Waals surface area contributed by atoms with E-state index in [9.17, 15) is 8.78 Å². The van der Waals surface area contributed by atoms with Gasteiger partial charge in [-0.2, -0.15) is 0 Å². The minimum Gasteiger partial charge on any atom is -0.329 e. The highest BCUT2D eigenvalue weighted by Gasteiger charge is 2.19. The molecule has 1 heterocycles. The molecule has 90 valence electrons. The fourth-order valence-electron chi connectivity index (χ4n) is 1.69. The molecule has 0 bridgehead atoms. The van der Waals surface area contributed by atoms with E-state index >= 15 is 0 Å². The van der Waals surface area contributed by atoms with Crippen molar-refractivity contribution < 1.29 is 8.78 Å². The molecule has 2 rings (SSSR count). The summed E-state index contributed by atoms with van der Waals surface area (Å²) < 4.78 is 27.4. The van der Waals surface area contributed by atoms with Gasteiger partial charge in [0, 0.05) is 22.9 Å². The van der Waals surface area contributed by atoms with Crippen molar-refractivity contribution in [2.24, 2.45) is 5.73 Å². The van der Waals surface area contributed by atoms with Gasteiger partial charge in [0.2, 0.25) is 0 Å². The van der Waals surface area contributed by atoms with Gasteiger partial charge in [-0.15, -0.1) is 11.3 Å². The van der Waals surface area contributed by atoms with E-state index in [4.69, 9.17) is 17.3 Å². The molecule has 0 saturated carbocycles. The largest absolute Gasteiger partial charge is 0.329 e. The van der Waals surface area contributed by atoms with Crippen LogP contribution >= 0.6 is 22.9 Å². The Labute approximate surface area is 107 Å². The molecule has 5 heteroatoms. The highest BCUT2D eigenvalue weighted by molar-refractivity contribution is 7.16. The molecule has 0 fully saturated rings. The summed E-state index contributed by atoms with van der Waals surface area (Å²) in [6.45, 7) is 0.206. The number of hydrogen-bond donors (Lipinski definition) is 1. The average Bonchev–Trinajstić information content (AvgIpc) is 2.71. The Morgan fingerprint density at radius 3 is 2.59 bits per heavy atom. The molecule has 1 unspecified atom stereocenters. The van der Waals surface area contributed by atoms with Crippen molar-refractivity contribution in [3.63, 3.8) is 0 Å². The van der Waals surface area contributed by atoms with Gasteiger partial charge in [-0.1, -0.05) is 11.6 Å². The van der Waals surface area contributed by atoms with Gasteiger partial charge >= 0.3 is 0 Å². The van der Waals surface area contributed by atoms with Gasteiger partial charge in [-0.25, -0.2) is 8.78 Å². The zero-order valence-corrected chi connectivity index (χ0v) is 10.4. The van der Waals surface area contributed by atoms with E-state index in [0.717, 1.165) is 17.0 Å². The number of rotatable bonds is 3. The lowest BCUT2D eigenvalue weighted by Gasteiger charge is -2.14. The molecule has 2 N–H and O–H groups in total. The van der Waals surface area contributed by atoms with Crippen LogP contribution in [0.4, 0.5) is 8.78 Å². The normalized spacial score (nSPS) is 12.7. The second kappa shape index (κ2) is 5.12. The van der Waals surface area contributed by atoms with Gasteiger partial charge in [-0.05, 0) is 30.3 Å². The zero-order chi connectivity index (χ0) is 12.4. The highest BCUT2D eigenvalue weighted by Crippen LogP contribution is 2.33. The topological polar surface area (TPSA) is 26.0 Å². The lowest BCUT2D eigenvalue weighted by Crippen LogP contribution is -2.14. The monoisotopic (exact) mass is 273 g/mol. The molecule has 0 aliphatic rings. The Bertz CT molecular complexity index is 527. The van der Waals surface area contributed by atoms with Crippen LogP contribution in [0.15, 0.2) is 30.3 Å². The van der Waals surface area contributed by atoms with Gasteiger partial charge in [0.1, 0.15) is 11.6 Å². The summed E-state index contributed by atoms with van der Waals surface area (Å²) in [5.41, 5.74) is 5.91. The molecule has 0 aliphatic heterocycles. The number of nitrogens with two attached hydrogens (primary N) is 1. The summed E-state index contributed by atoms with van der Waals surface area (Å²) >= 11 is 7.16. The molecule has 2 aromatic rings. The zero-order valence-electron chi connectivity index (χ0n) is 8.79. The molecule has 0 saturated heterocycles. The van der Waals surface area contributed by atoms with E-state index in [-0.39, 0.29) is 18.0 Å². The summed E-state index contributed by atoms with van der Waals surface area (Å²) in [6.07, 6.45) is 0. The number of thiophene rings is 1. The first-order valence-electron chi connectivity index (χ1n) is 5.02. The van der Waals surface area contributed by atoms with Crippen LogP contribution in [0.25, 0.3) is 0 Å². The minimum atomic E-state index is -0.470. The molecule has 0 aliphatic carbocycles. The predicted octanol–water partition coefficient (Wildman–Crippen LogP) is 3.77. The fourth-order valence-corrected chi connectivity index (χ4v) is 2.89. The van der Waals surface area contributed by atoms with Gasteiger partial charge < -0.3 is 5.73 Å². The van der Waals surface area contributed by atoms with E-state index in [2.05, 4.69) is 0 Å². The Kier molecular flexibility index (Phi) is 3.76. The predicted molar refractivity (Wildman–Crippen MR) is 66.6 cm³/mol. The highest BCUT2D eigenvalue weighted by atomic mass is 35.5. The van der Waals surface area contributed by atoms with E-state index in [1.165, 1.54) is 17.4 Å². The van der Waals surface area contributed by atoms with E-state index in [0.29, 0.717) is 4.34 Å². The molecule has 1 aromatic carbocycles. The van der Waals surface area contributed by atoms with Crippen molar-refractivity contribution in [1.29, 1.82) is 0 Å². The SMILES string of the molecule is NCC(c1ccc(Cl)s1)c1cc(F)ccc1F. The molecular weight excluding hydrogens is 264 g/mol. The molecular formula is C12H10ClF2NS. The third-order valence-electron chi connectivity index (χ3n) is 2.51. The molecule has 1 aromatic heterocycles. The maximum absolute atomic E-state index is 13.6. The maximum Gasteiger partial charge on any atom is 0.127 e. The standard InChI is InChI=1S/C12H10ClF2NS/c13-12-4-3-11(17-12)9(6-16)8-5-7(14)1-2-10(8)15/h1-5,9H,6,16H2. The average molecular weight is 274 g/mol. The Morgan fingerprint density at radius 2 is 2.00 bits per heavy atom. The van der Waals surface area contributed by atoms with E-state index in [1.54, 1.807) is 12.1 Å². The van der Waals surface area contributed by atoms with Crippen LogP contribution in [-0.4, -0.2) is 6.54 Å². The minimum absolute atomic E-state index is 0.206. The van der Waals surface area contributed by atoms with Crippen LogP contribution < -0.4 is 5.73 Å². The Morgan fingerprint density at radius 1 is 1.24 bits per heavy atom. The number of hydrogen-bond acceptors (Lipinski definition) is 2. The summed E-state index contributed by atoms with van der Waals surface area (Å²) in [7, 11) is 0. The maximum atomic E-state index is 13.6. The van der Waals surface area contributed by atoms with Crippen LogP contribution in [0.1, 0.15) is 16.4 Å². The van der Waals surface area contributed by atoms with Crippen molar-refractivity contribution in [3.05, 3.63) is 56.7 Å². The molecule has 17 heavy (non-hydrogen) atoms. The first kappa shape index (κ1) is 12.5. The number of benzene rings is 1. The molecule has 1 atom stereocenters. The molecule has 0 amide bonds. The van der Waals surface area contributed by atoms with Crippen LogP contribution in [0, 0.1) is 11.6 Å². The van der Waals surface area contributed by atoms with Gasteiger partial charge in [0.25, 0.3) is 0 Å². The van der Waals surface area contributed by atoms with Crippen LogP contribution in [-0.2, 0) is 0 Å². The van der Waals surface area contributed by atoms with Crippen molar-refractivity contribution >= 4 is 22.9 Å². The Hall–Kier alpha value is -0.970. The summed E-state index contributed by atoms with van der Waals surface area (Å²) in [5.74, 6) is -1.28. The second-order valence-electron chi connectivity index (χ2n) is 3.60. The van der Waals surface area contributed by atoms with Crippen LogP contribution in [0.3, 0.4) is 0 Å². The van der Waals surface area contributed by atoms with Crippen molar-refractivity contribution in [2.75, 3.05) is 6.54 Å². The van der Waals surface area contributed by atoms with Gasteiger partial charge in [0.15, 0.2) is 0 Å². The second-order valence-corrected chi connectivity index (χ2v) is 5.34. The van der Waals surface area contributed by atoms with Crippen molar-refractivity contribution in [3.8, 4) is 0 Å². The third-order valence-corrected chi connectivity index (χ3v) is 3.85. The number of halogens is 3. The molecule has 0 radical (unpaired) electrons. The van der Waals surface area contributed by atoms with E-state index < -0.39 is 11.6 Å². The molecule has 1 nitrogen and oxygen atoms in total. The lowest BCUT2D eigenvalue weighted by molar-refractivity contribution is 0.576. The summed E-state index contributed by atoms with van der Waals surface area (Å²) in [5, 5.41) is 0. The van der Waals surface area contributed by atoms with Crippen molar-refractivity contribution in [2.45, 2.75) is 5.92 Å². The van der Waals surface area contributed by atoms with Crippen molar-refractivity contribution in [1.82, 2.24) is 0 Å². The summed E-state index contributed by atoms with van der Waals surface area (Å²) in [6, 6.07) is 6.90. The van der Waals surface area contributed by atoms with Crippen LogP contribution in [0.5, 0.6) is 0 Å². The fraction of sp³-hybridized carbons (Fsp3) is 0.167. The first-order chi connectivity index (χ1) is 8.11. The quantitative estimate of drug-likeness (QED) is 0.905. The van der Waals surface area contributed by atoms with Gasteiger partial charge in [-0.3, -0.25) is 0 Å². The third kappa shape index (κ3) is 2.65. The smallest absolute Gasteiger partial charge is 0.127 e. The van der Waals surface area contributed by atoms with Gasteiger partial charge in [0.05, 0.1) is 4.34 Å². The molecule has 0 spiro atoms. The van der Waals surface area contributed by atoms with Crippen LogP contribution in [0.2, 0.25) is 4.34 Å².